The van der Waals surface area contributed by atoms with Crippen LogP contribution in [0.5, 0.6) is 5.75 Å². The van der Waals surface area contributed by atoms with Gasteiger partial charge in [-0.25, -0.2) is 5.48 Å². The minimum atomic E-state index is -0.591. The topological polar surface area (TPSA) is 99.9 Å². The third-order valence-electron chi connectivity index (χ3n) is 3.06. The first kappa shape index (κ1) is 16.2. The van der Waals surface area contributed by atoms with Gasteiger partial charge in [0.05, 0.1) is 11.5 Å². The average Bonchev–Trinajstić information content (AvgIpc) is 2.45. The zero-order valence-corrected chi connectivity index (χ0v) is 12.7. The molecule has 0 saturated heterocycles. The highest BCUT2D eigenvalue weighted by Gasteiger charge is 2.23. The van der Waals surface area contributed by atoms with Crippen molar-refractivity contribution in [2.75, 3.05) is 6.79 Å². The highest BCUT2D eigenvalue weighted by molar-refractivity contribution is 5.80. The molecule has 1 aliphatic heterocycles. The van der Waals surface area contributed by atoms with Gasteiger partial charge >= 0.3 is 0 Å². The maximum absolute atomic E-state index is 11.7. The van der Waals surface area contributed by atoms with Gasteiger partial charge in [0, 0.05) is 28.7 Å². The molecule has 0 radical (unpaired) electrons. The van der Waals surface area contributed by atoms with Crippen molar-refractivity contribution < 1.29 is 24.0 Å². The molecule has 0 bridgehead atoms. The summed E-state index contributed by atoms with van der Waals surface area (Å²) in [5.74, 6) is 0.220. The first-order valence-electron chi connectivity index (χ1n) is 6.72. The van der Waals surface area contributed by atoms with Gasteiger partial charge in [0.15, 0.2) is 6.79 Å². The Balaban J connectivity index is 2.14. The predicted molar refractivity (Wildman–Crippen MR) is 75.8 cm³/mol. The number of nitrogens with zero attached hydrogens (tertiary/aromatic N) is 1. The van der Waals surface area contributed by atoms with Crippen LogP contribution in [0.1, 0.15) is 31.9 Å². The zero-order valence-electron chi connectivity index (χ0n) is 12.7. The molecule has 0 unspecified atom stereocenters. The summed E-state index contributed by atoms with van der Waals surface area (Å²) >= 11 is 0. The number of fused-ring (bicyclic) bond motifs is 1. The fourth-order valence-corrected chi connectivity index (χ4v) is 1.83. The fourth-order valence-electron chi connectivity index (χ4n) is 1.83. The van der Waals surface area contributed by atoms with Crippen molar-refractivity contribution in [3.05, 3.63) is 33.4 Å². The zero-order chi connectivity index (χ0) is 16.3. The van der Waals surface area contributed by atoms with E-state index in [1.54, 1.807) is 20.8 Å². The van der Waals surface area contributed by atoms with Gasteiger partial charge < -0.3 is 9.47 Å². The van der Waals surface area contributed by atoms with Gasteiger partial charge in [0.25, 0.3) is 5.69 Å². The van der Waals surface area contributed by atoms with Crippen molar-refractivity contribution in [3.8, 4) is 5.75 Å². The van der Waals surface area contributed by atoms with E-state index in [2.05, 4.69) is 5.48 Å². The molecular weight excluding hydrogens is 292 g/mol. The van der Waals surface area contributed by atoms with E-state index in [0.717, 1.165) is 0 Å². The standard InChI is InChI=1S/C14H18N2O6/c1-14(2,3)13(17)15-22-7-10-5-11(16(18)19)4-9-6-20-8-21-12(9)10/h4-5H,6-8H2,1-3H3,(H,15,17). The van der Waals surface area contributed by atoms with Crippen LogP contribution in [-0.2, 0) is 27.6 Å². The lowest BCUT2D eigenvalue weighted by atomic mass is 9.96. The van der Waals surface area contributed by atoms with Gasteiger partial charge in [-0.3, -0.25) is 19.7 Å². The summed E-state index contributed by atoms with van der Waals surface area (Å²) in [6.07, 6.45) is 0. The van der Waals surface area contributed by atoms with E-state index in [-0.39, 0.29) is 31.6 Å². The Morgan fingerprint density at radius 1 is 1.45 bits per heavy atom. The van der Waals surface area contributed by atoms with Crippen molar-refractivity contribution in [3.63, 3.8) is 0 Å². The molecule has 1 heterocycles. The third-order valence-corrected chi connectivity index (χ3v) is 3.06. The maximum Gasteiger partial charge on any atom is 0.270 e. The summed E-state index contributed by atoms with van der Waals surface area (Å²) in [5.41, 5.74) is 2.74. The first-order chi connectivity index (χ1) is 10.3. The molecule has 2 rings (SSSR count). The van der Waals surface area contributed by atoms with Gasteiger partial charge in [0.2, 0.25) is 5.91 Å². The quantitative estimate of drug-likeness (QED) is 0.675. The van der Waals surface area contributed by atoms with Crippen LogP contribution < -0.4 is 10.2 Å². The Morgan fingerprint density at radius 3 is 2.82 bits per heavy atom. The van der Waals surface area contributed by atoms with Crippen molar-refractivity contribution >= 4 is 11.6 Å². The van der Waals surface area contributed by atoms with Crippen molar-refractivity contribution in [1.29, 1.82) is 0 Å². The summed E-state index contributed by atoms with van der Waals surface area (Å²) in [4.78, 5) is 27.4. The molecule has 1 N–H and O–H groups in total. The van der Waals surface area contributed by atoms with Gasteiger partial charge in [-0.2, -0.15) is 0 Å². The number of nitro benzene ring substituents is 1. The maximum atomic E-state index is 11.7. The number of rotatable bonds is 4. The van der Waals surface area contributed by atoms with Crippen LogP contribution >= 0.6 is 0 Å². The van der Waals surface area contributed by atoms with E-state index in [0.29, 0.717) is 16.9 Å². The molecule has 1 aromatic carbocycles. The number of hydrogen-bond donors (Lipinski definition) is 1. The van der Waals surface area contributed by atoms with Crippen LogP contribution in [0, 0.1) is 15.5 Å². The van der Waals surface area contributed by atoms with Crippen molar-refractivity contribution in [2.24, 2.45) is 5.41 Å². The molecule has 120 valence electrons. The number of amides is 1. The lowest BCUT2D eigenvalue weighted by molar-refractivity contribution is -0.385. The van der Waals surface area contributed by atoms with Crippen LogP contribution in [0.3, 0.4) is 0 Å². The van der Waals surface area contributed by atoms with Crippen molar-refractivity contribution in [1.82, 2.24) is 5.48 Å². The molecule has 0 spiro atoms. The largest absolute Gasteiger partial charge is 0.467 e. The highest BCUT2D eigenvalue weighted by Crippen LogP contribution is 2.32. The monoisotopic (exact) mass is 310 g/mol. The molecule has 8 nitrogen and oxygen atoms in total. The minimum Gasteiger partial charge on any atom is -0.467 e. The molecule has 0 saturated carbocycles. The second-order valence-electron chi connectivity index (χ2n) is 5.93. The lowest BCUT2D eigenvalue weighted by Gasteiger charge is -2.21. The number of nitrogens with one attached hydrogen (secondary N) is 1. The Bertz CT molecular complexity index is 594. The van der Waals surface area contributed by atoms with Gasteiger partial charge in [-0.05, 0) is 0 Å². The Kier molecular flexibility index (Phi) is 4.62. The summed E-state index contributed by atoms with van der Waals surface area (Å²) in [5, 5.41) is 11.0. The molecule has 8 heteroatoms. The number of carbonyl (C=O) groups excluding carboxylic acids is 1. The molecule has 22 heavy (non-hydrogen) atoms. The molecule has 0 aromatic heterocycles. The van der Waals surface area contributed by atoms with E-state index in [1.165, 1.54) is 12.1 Å². The predicted octanol–water partition coefficient (Wildman–Crippen LogP) is 2.06. The van der Waals surface area contributed by atoms with Crippen LogP contribution in [-0.4, -0.2) is 17.6 Å². The molecule has 1 aliphatic rings. The Labute approximate surface area is 127 Å². The SMILES string of the molecule is CC(C)(C)C(=O)NOCc1cc([N+](=O)[O-])cc2c1OCOC2. The number of carbonyl (C=O) groups is 1. The van der Waals surface area contributed by atoms with E-state index in [4.69, 9.17) is 14.3 Å². The van der Waals surface area contributed by atoms with Crippen LogP contribution in [0.15, 0.2) is 12.1 Å². The normalized spacial score (nSPS) is 14.0. The molecular formula is C14H18N2O6. The van der Waals surface area contributed by atoms with Crippen molar-refractivity contribution in [2.45, 2.75) is 34.0 Å². The average molecular weight is 310 g/mol. The van der Waals surface area contributed by atoms with Gasteiger partial charge in [-0.15, -0.1) is 0 Å². The Hall–Kier alpha value is -2.19. The summed E-state index contributed by atoms with van der Waals surface area (Å²) in [7, 11) is 0. The summed E-state index contributed by atoms with van der Waals surface area (Å²) in [6, 6.07) is 2.78. The summed E-state index contributed by atoms with van der Waals surface area (Å²) < 4.78 is 10.5. The number of hydroxylamine groups is 1. The first-order valence-corrected chi connectivity index (χ1v) is 6.72. The molecule has 1 amide bonds. The van der Waals surface area contributed by atoms with E-state index < -0.39 is 10.3 Å². The lowest BCUT2D eigenvalue weighted by Crippen LogP contribution is -2.34. The van der Waals surface area contributed by atoms with E-state index in [9.17, 15) is 14.9 Å². The fraction of sp³-hybridized carbons (Fsp3) is 0.500. The number of hydrogen-bond acceptors (Lipinski definition) is 6. The Morgan fingerprint density at radius 2 is 2.18 bits per heavy atom. The van der Waals surface area contributed by atoms with Gasteiger partial charge in [-0.1, -0.05) is 20.8 Å². The smallest absolute Gasteiger partial charge is 0.270 e. The van der Waals surface area contributed by atoms with Crippen LogP contribution in [0.2, 0.25) is 0 Å². The minimum absolute atomic E-state index is 0.0359. The second-order valence-corrected chi connectivity index (χ2v) is 5.93. The molecule has 1 aromatic rings. The number of non-ortho nitro benzene ring substituents is 1. The number of nitro groups is 1. The highest BCUT2D eigenvalue weighted by atomic mass is 16.7. The summed E-state index contributed by atoms with van der Waals surface area (Å²) in [6.45, 7) is 5.53. The van der Waals surface area contributed by atoms with Crippen LogP contribution in [0.25, 0.3) is 0 Å². The molecule has 0 atom stereocenters. The number of ether oxygens (including phenoxy) is 2. The third kappa shape index (κ3) is 3.71. The van der Waals surface area contributed by atoms with Gasteiger partial charge in [0.1, 0.15) is 12.4 Å². The van der Waals surface area contributed by atoms with Crippen LogP contribution in [0.4, 0.5) is 5.69 Å². The van der Waals surface area contributed by atoms with E-state index in [1.807, 2.05) is 0 Å². The molecule has 0 fully saturated rings. The van der Waals surface area contributed by atoms with E-state index >= 15 is 0 Å². The number of benzene rings is 1. The second kappa shape index (κ2) is 6.29. The molecule has 0 aliphatic carbocycles.